The summed E-state index contributed by atoms with van der Waals surface area (Å²) in [5.74, 6) is -0.655. The fraction of sp³-hybridized carbons (Fsp3) is 0.235. The number of amides is 1. The van der Waals surface area contributed by atoms with Crippen molar-refractivity contribution in [3.05, 3.63) is 70.5 Å². The Bertz CT molecular complexity index is 615. The highest BCUT2D eigenvalue weighted by Gasteiger charge is 2.14. The van der Waals surface area contributed by atoms with E-state index in [1.54, 1.807) is 12.1 Å². The summed E-state index contributed by atoms with van der Waals surface area (Å²) in [6.07, 6.45) is 0.783. The molecule has 2 rings (SSSR count). The Morgan fingerprint density at radius 1 is 1.24 bits per heavy atom. The molecule has 110 valence electrons. The maximum atomic E-state index is 13.7. The molecule has 2 aromatic carbocycles. The average Bonchev–Trinajstić information content (AvgIpc) is 2.48. The Kier molecular flexibility index (Phi) is 5.34. The summed E-state index contributed by atoms with van der Waals surface area (Å²) in [6, 6.07) is 14.0. The number of carbonyl (C=O) groups excluding carboxylic acids is 1. The summed E-state index contributed by atoms with van der Waals surface area (Å²) in [6.45, 7) is 2.00. The molecule has 0 radical (unpaired) electrons. The summed E-state index contributed by atoms with van der Waals surface area (Å²) < 4.78 is 13.7. The van der Waals surface area contributed by atoms with Crippen LogP contribution in [-0.2, 0) is 11.2 Å². The second-order valence-electron chi connectivity index (χ2n) is 4.85. The van der Waals surface area contributed by atoms with E-state index in [2.05, 4.69) is 5.32 Å². The van der Waals surface area contributed by atoms with Crippen LogP contribution >= 0.6 is 11.6 Å². The monoisotopic (exact) mass is 305 g/mol. The Balaban J connectivity index is 2.03. The quantitative estimate of drug-likeness (QED) is 0.877. The maximum Gasteiger partial charge on any atom is 0.225 e. The average molecular weight is 306 g/mol. The van der Waals surface area contributed by atoms with Gasteiger partial charge in [0.05, 0.1) is 12.5 Å². The smallest absolute Gasteiger partial charge is 0.225 e. The highest BCUT2D eigenvalue weighted by Crippen LogP contribution is 2.18. The molecule has 1 amide bonds. The van der Waals surface area contributed by atoms with Gasteiger partial charge < -0.3 is 5.32 Å². The number of hydrogen-bond donors (Lipinski definition) is 1. The largest absolute Gasteiger partial charge is 0.349 e. The van der Waals surface area contributed by atoms with Gasteiger partial charge in [-0.3, -0.25) is 4.79 Å². The van der Waals surface area contributed by atoms with Crippen LogP contribution in [0.4, 0.5) is 4.39 Å². The fourth-order valence-electron chi connectivity index (χ4n) is 2.19. The lowest BCUT2D eigenvalue weighted by atomic mass is 10.0. The van der Waals surface area contributed by atoms with Gasteiger partial charge >= 0.3 is 0 Å². The zero-order valence-electron chi connectivity index (χ0n) is 11.8. The molecule has 2 aromatic rings. The van der Waals surface area contributed by atoms with Crippen LogP contribution in [0.25, 0.3) is 0 Å². The van der Waals surface area contributed by atoms with Crippen LogP contribution < -0.4 is 5.32 Å². The number of nitrogens with one attached hydrogen (secondary N) is 1. The second kappa shape index (κ2) is 7.23. The molecule has 0 aliphatic carbocycles. The van der Waals surface area contributed by atoms with Crippen LogP contribution in [-0.4, -0.2) is 5.91 Å². The molecule has 0 aliphatic heterocycles. The number of carbonyl (C=O) groups is 1. The number of rotatable bonds is 5. The van der Waals surface area contributed by atoms with Crippen LogP contribution in [0.5, 0.6) is 0 Å². The highest BCUT2D eigenvalue weighted by molar-refractivity contribution is 6.30. The first kappa shape index (κ1) is 15.5. The van der Waals surface area contributed by atoms with Crippen molar-refractivity contribution in [2.75, 3.05) is 0 Å². The van der Waals surface area contributed by atoms with Crippen molar-refractivity contribution < 1.29 is 9.18 Å². The molecule has 21 heavy (non-hydrogen) atoms. The molecule has 1 N–H and O–H groups in total. The van der Waals surface area contributed by atoms with Crippen molar-refractivity contribution >= 4 is 17.5 Å². The Morgan fingerprint density at radius 3 is 2.57 bits per heavy atom. The molecule has 0 saturated heterocycles. The molecule has 0 fully saturated rings. The van der Waals surface area contributed by atoms with E-state index < -0.39 is 5.82 Å². The van der Waals surface area contributed by atoms with Crippen molar-refractivity contribution in [3.63, 3.8) is 0 Å². The molecule has 0 heterocycles. The van der Waals surface area contributed by atoms with Crippen LogP contribution in [0, 0.1) is 5.82 Å². The molecule has 0 aromatic heterocycles. The van der Waals surface area contributed by atoms with Crippen molar-refractivity contribution in [2.45, 2.75) is 25.8 Å². The van der Waals surface area contributed by atoms with E-state index >= 15 is 0 Å². The summed E-state index contributed by atoms with van der Waals surface area (Å²) in [4.78, 5) is 12.1. The van der Waals surface area contributed by atoms with Gasteiger partial charge in [-0.2, -0.15) is 0 Å². The molecule has 1 atom stereocenters. The lowest BCUT2D eigenvalue weighted by Gasteiger charge is -2.17. The minimum absolute atomic E-state index is 0.00629. The van der Waals surface area contributed by atoms with E-state index in [1.807, 2.05) is 37.3 Å². The summed E-state index contributed by atoms with van der Waals surface area (Å²) in [5, 5.41) is 3.26. The highest BCUT2D eigenvalue weighted by atomic mass is 35.5. The topological polar surface area (TPSA) is 29.1 Å². The normalized spacial score (nSPS) is 12.0. The standard InChI is InChI=1S/C17H17ClFNO/c1-2-16(12-6-4-3-5-7-12)20-17(21)10-13-8-9-14(18)11-15(13)19/h3-9,11,16H,2,10H2,1H3,(H,20,21). The van der Waals surface area contributed by atoms with Crippen molar-refractivity contribution in [1.29, 1.82) is 0 Å². The van der Waals surface area contributed by atoms with Crippen molar-refractivity contribution in [1.82, 2.24) is 5.32 Å². The van der Waals surface area contributed by atoms with Gasteiger partial charge in [-0.25, -0.2) is 4.39 Å². The van der Waals surface area contributed by atoms with Crippen LogP contribution in [0.3, 0.4) is 0 Å². The van der Waals surface area contributed by atoms with Gasteiger partial charge in [0.15, 0.2) is 0 Å². The summed E-state index contributed by atoms with van der Waals surface area (Å²) in [7, 11) is 0. The predicted octanol–water partition coefficient (Wildman–Crippen LogP) is 4.29. The van der Waals surface area contributed by atoms with Crippen LogP contribution in [0.15, 0.2) is 48.5 Å². The molecule has 2 nitrogen and oxygen atoms in total. The fourth-order valence-corrected chi connectivity index (χ4v) is 2.35. The zero-order chi connectivity index (χ0) is 15.2. The van der Waals surface area contributed by atoms with Gasteiger partial charge in [-0.1, -0.05) is 54.9 Å². The summed E-state index contributed by atoms with van der Waals surface area (Å²) >= 11 is 5.70. The van der Waals surface area contributed by atoms with Gasteiger partial charge in [0.2, 0.25) is 5.91 Å². The van der Waals surface area contributed by atoms with Gasteiger partial charge in [0.25, 0.3) is 0 Å². The Hall–Kier alpha value is -1.87. The molecule has 0 bridgehead atoms. The van der Waals surface area contributed by atoms with E-state index in [4.69, 9.17) is 11.6 Å². The lowest BCUT2D eigenvalue weighted by Crippen LogP contribution is -2.29. The molecule has 0 spiro atoms. The van der Waals surface area contributed by atoms with E-state index in [9.17, 15) is 9.18 Å². The zero-order valence-corrected chi connectivity index (χ0v) is 12.5. The van der Waals surface area contributed by atoms with Gasteiger partial charge in [-0.05, 0) is 29.7 Å². The molecule has 4 heteroatoms. The molecular formula is C17H17ClFNO. The number of benzene rings is 2. The SMILES string of the molecule is CCC(NC(=O)Cc1ccc(Cl)cc1F)c1ccccc1. The second-order valence-corrected chi connectivity index (χ2v) is 5.29. The van der Waals surface area contributed by atoms with Gasteiger partial charge in [0.1, 0.15) is 5.82 Å². The third-order valence-corrected chi connectivity index (χ3v) is 3.55. The predicted molar refractivity (Wildman–Crippen MR) is 82.7 cm³/mol. The molecule has 1 unspecified atom stereocenters. The maximum absolute atomic E-state index is 13.7. The van der Waals surface area contributed by atoms with Crippen molar-refractivity contribution in [3.8, 4) is 0 Å². The third-order valence-electron chi connectivity index (χ3n) is 3.31. The van der Waals surface area contributed by atoms with Crippen molar-refractivity contribution in [2.24, 2.45) is 0 Å². The molecule has 0 saturated carbocycles. The minimum Gasteiger partial charge on any atom is -0.349 e. The van der Waals surface area contributed by atoms with E-state index in [0.717, 1.165) is 12.0 Å². The van der Waals surface area contributed by atoms with Crippen LogP contribution in [0.1, 0.15) is 30.5 Å². The summed E-state index contributed by atoms with van der Waals surface area (Å²) in [5.41, 5.74) is 1.39. The first-order chi connectivity index (χ1) is 10.1. The third kappa shape index (κ3) is 4.30. The number of halogens is 2. The Morgan fingerprint density at radius 2 is 1.95 bits per heavy atom. The first-order valence-electron chi connectivity index (χ1n) is 6.88. The van der Waals surface area contributed by atoms with Gasteiger partial charge in [-0.15, -0.1) is 0 Å². The molecule has 0 aliphatic rings. The van der Waals surface area contributed by atoms with Gasteiger partial charge in [0, 0.05) is 5.02 Å². The first-order valence-corrected chi connectivity index (χ1v) is 7.26. The number of hydrogen-bond acceptors (Lipinski definition) is 1. The van der Waals surface area contributed by atoms with E-state index in [0.29, 0.717) is 10.6 Å². The lowest BCUT2D eigenvalue weighted by molar-refractivity contribution is -0.121. The Labute approximate surface area is 128 Å². The van der Waals surface area contributed by atoms with E-state index in [-0.39, 0.29) is 18.4 Å². The molecular weight excluding hydrogens is 289 g/mol. The van der Waals surface area contributed by atoms with E-state index in [1.165, 1.54) is 6.07 Å². The van der Waals surface area contributed by atoms with Crippen LogP contribution in [0.2, 0.25) is 5.02 Å². The minimum atomic E-state index is -0.453.